The van der Waals surface area contributed by atoms with Gasteiger partial charge in [-0.1, -0.05) is 0 Å². The molecule has 2 rings (SSSR count). The number of aromatic nitrogens is 2. The Kier molecular flexibility index (Phi) is 3.22. The van der Waals surface area contributed by atoms with Crippen LogP contribution in [0.25, 0.3) is 0 Å². The lowest BCUT2D eigenvalue weighted by Crippen LogP contribution is -2.42. The normalized spacial score (nSPS) is 31.7. The lowest BCUT2D eigenvalue weighted by Gasteiger charge is -2.17. The molecule has 9 heteroatoms. The van der Waals surface area contributed by atoms with Crippen LogP contribution in [-0.4, -0.2) is 54.7 Å². The number of hydrogen-bond acceptors (Lipinski definition) is 7. The Bertz CT molecular complexity index is 552. The third-order valence-corrected chi connectivity index (χ3v) is 2.81. The Morgan fingerprint density at radius 3 is 2.61 bits per heavy atom. The average molecular weight is 260 g/mol. The van der Waals surface area contributed by atoms with Gasteiger partial charge in [-0.15, -0.1) is 4.73 Å². The highest BCUT2D eigenvalue weighted by Crippen LogP contribution is 2.27. The van der Waals surface area contributed by atoms with E-state index in [4.69, 9.17) is 15.3 Å². The zero-order valence-electron chi connectivity index (χ0n) is 9.17. The van der Waals surface area contributed by atoms with Gasteiger partial charge in [-0.3, -0.25) is 9.98 Å². The second kappa shape index (κ2) is 4.53. The fourth-order valence-electron chi connectivity index (χ4n) is 1.80. The SMILES string of the molecule is [15NH]=c1ccn([C@@H]2O[C@H](CO)[C@@H](O)[C@H]2O)c(=O)n1O. The second-order valence-electron chi connectivity index (χ2n) is 3.93. The van der Waals surface area contributed by atoms with Crippen LogP contribution >= 0.6 is 0 Å². The fourth-order valence-corrected chi connectivity index (χ4v) is 1.80. The molecule has 0 radical (unpaired) electrons. The maximum absolute atomic E-state index is 11.6. The molecule has 1 aliphatic heterocycles. The van der Waals surface area contributed by atoms with Gasteiger partial charge in [0, 0.05) is 12.3 Å². The van der Waals surface area contributed by atoms with Gasteiger partial charge in [-0.2, -0.15) is 0 Å². The van der Waals surface area contributed by atoms with E-state index >= 15 is 0 Å². The average Bonchev–Trinajstić information content (AvgIpc) is 2.64. The molecule has 0 bridgehead atoms. The molecule has 1 aliphatic rings. The number of rotatable bonds is 2. The zero-order valence-corrected chi connectivity index (χ0v) is 9.17. The molecule has 0 saturated carbocycles. The van der Waals surface area contributed by atoms with Crippen LogP contribution in [0.15, 0.2) is 17.1 Å². The van der Waals surface area contributed by atoms with Crippen LogP contribution in [0.1, 0.15) is 6.23 Å². The quantitative estimate of drug-likeness (QED) is 0.283. The molecule has 9 nitrogen and oxygen atoms in total. The van der Waals surface area contributed by atoms with Gasteiger partial charge in [-0.05, 0) is 0 Å². The van der Waals surface area contributed by atoms with E-state index in [1.807, 2.05) is 0 Å². The first-order valence-electron chi connectivity index (χ1n) is 5.18. The van der Waals surface area contributed by atoms with Crippen molar-refractivity contribution >= 4 is 0 Å². The van der Waals surface area contributed by atoms with Crippen LogP contribution in [0.2, 0.25) is 0 Å². The smallest absolute Gasteiger partial charge is 0.365 e. The summed E-state index contributed by atoms with van der Waals surface area (Å²) in [5, 5.41) is 44.6. The van der Waals surface area contributed by atoms with E-state index in [1.54, 1.807) is 0 Å². The first-order valence-corrected chi connectivity index (χ1v) is 5.18. The number of aliphatic hydroxyl groups is 3. The van der Waals surface area contributed by atoms with Gasteiger partial charge in [0.05, 0.1) is 6.61 Å². The van der Waals surface area contributed by atoms with Gasteiger partial charge >= 0.3 is 5.69 Å². The van der Waals surface area contributed by atoms with Crippen molar-refractivity contribution in [3.8, 4) is 0 Å². The molecule has 5 N–H and O–H groups in total. The van der Waals surface area contributed by atoms with Crippen LogP contribution in [0.5, 0.6) is 0 Å². The fraction of sp³-hybridized carbons (Fsp3) is 0.556. The minimum absolute atomic E-state index is 0.0781. The monoisotopic (exact) mass is 260 g/mol. The van der Waals surface area contributed by atoms with E-state index in [0.717, 1.165) is 16.8 Å². The number of nitrogens with zero attached hydrogens (tertiary/aromatic N) is 2. The Balaban J connectivity index is 2.42. The molecule has 0 amide bonds. The van der Waals surface area contributed by atoms with Gasteiger partial charge < -0.3 is 25.3 Å². The first-order chi connectivity index (χ1) is 8.47. The Morgan fingerprint density at radius 2 is 2.06 bits per heavy atom. The maximum atomic E-state index is 11.6. The van der Waals surface area contributed by atoms with Crippen molar-refractivity contribution < 1.29 is 25.3 Å². The van der Waals surface area contributed by atoms with Crippen molar-refractivity contribution in [2.24, 2.45) is 0 Å². The van der Waals surface area contributed by atoms with Gasteiger partial charge in [0.1, 0.15) is 18.3 Å². The molecule has 1 fully saturated rings. The molecule has 0 unspecified atom stereocenters. The maximum Gasteiger partial charge on any atom is 0.365 e. The summed E-state index contributed by atoms with van der Waals surface area (Å²) in [6.07, 6.45) is -3.85. The van der Waals surface area contributed by atoms with E-state index in [1.165, 1.54) is 0 Å². The second-order valence-corrected chi connectivity index (χ2v) is 3.93. The van der Waals surface area contributed by atoms with Gasteiger partial charge in [0.15, 0.2) is 11.7 Å². The first kappa shape index (κ1) is 12.8. The van der Waals surface area contributed by atoms with Crippen molar-refractivity contribution in [3.05, 3.63) is 28.2 Å². The number of nitrogens with one attached hydrogen (secondary N) is 1. The Labute approximate surface area is 100 Å². The van der Waals surface area contributed by atoms with Crippen molar-refractivity contribution in [1.29, 1.82) is 5.41 Å². The van der Waals surface area contributed by atoms with Gasteiger partial charge in [0.25, 0.3) is 0 Å². The van der Waals surface area contributed by atoms with E-state index in [-0.39, 0.29) is 4.73 Å². The Hall–Kier alpha value is -1.68. The molecule has 0 aliphatic carbocycles. The number of hydrogen-bond donors (Lipinski definition) is 5. The van der Waals surface area contributed by atoms with Crippen LogP contribution in [0.4, 0.5) is 0 Å². The Morgan fingerprint density at radius 1 is 1.39 bits per heavy atom. The standard InChI is InChI=1S/C9H13N3O6/c10-5-1-2-11(9(16)12(5)17)8-7(15)6(14)4(3-13)18-8/h1-2,4,6-8,10,13-15,17H,3H2/t4-,6-,7-,8-/m1/s1/i10+1. The van der Waals surface area contributed by atoms with E-state index in [2.05, 4.69) is 0 Å². The summed E-state index contributed by atoms with van der Waals surface area (Å²) in [6.45, 7) is -0.515. The van der Waals surface area contributed by atoms with Gasteiger partial charge in [0.2, 0.25) is 0 Å². The summed E-state index contributed by atoms with van der Waals surface area (Å²) in [4.78, 5) is 11.6. The predicted molar refractivity (Wildman–Crippen MR) is 54.7 cm³/mol. The van der Waals surface area contributed by atoms with Crippen molar-refractivity contribution in [2.45, 2.75) is 24.5 Å². The molecule has 100 valence electrons. The van der Waals surface area contributed by atoms with Crippen molar-refractivity contribution in [1.82, 2.24) is 9.30 Å². The van der Waals surface area contributed by atoms with Crippen molar-refractivity contribution in [2.75, 3.05) is 6.61 Å². The topological polar surface area (TPSA) is 141 Å². The summed E-state index contributed by atoms with van der Waals surface area (Å²) in [6, 6.07) is 1.12. The molecule has 1 aromatic heterocycles. The molecule has 0 aromatic carbocycles. The van der Waals surface area contributed by atoms with Crippen LogP contribution in [0.3, 0.4) is 0 Å². The largest absolute Gasteiger partial charge is 0.422 e. The molecule has 18 heavy (non-hydrogen) atoms. The zero-order chi connectivity index (χ0) is 13.4. The lowest BCUT2D eigenvalue weighted by molar-refractivity contribution is -0.0579. The predicted octanol–water partition coefficient (Wildman–Crippen LogP) is -3.02. The van der Waals surface area contributed by atoms with Crippen molar-refractivity contribution in [3.63, 3.8) is 0 Å². The van der Waals surface area contributed by atoms with Crippen LogP contribution in [0, 0.1) is 5.41 Å². The summed E-state index contributed by atoms with van der Waals surface area (Å²) in [7, 11) is 0. The molecule has 1 aromatic rings. The lowest BCUT2D eigenvalue weighted by atomic mass is 10.1. The summed E-state index contributed by atoms with van der Waals surface area (Å²) in [5.74, 6) is 0. The summed E-state index contributed by atoms with van der Waals surface area (Å²) < 4.78 is 6.04. The third-order valence-electron chi connectivity index (χ3n) is 2.81. The molecule has 1 saturated heterocycles. The summed E-state index contributed by atoms with van der Waals surface area (Å²) in [5.41, 5.74) is -1.42. The van der Waals surface area contributed by atoms with E-state index in [9.17, 15) is 20.2 Å². The highest BCUT2D eigenvalue weighted by molar-refractivity contribution is 4.92. The minimum Gasteiger partial charge on any atom is -0.422 e. The summed E-state index contributed by atoms with van der Waals surface area (Å²) >= 11 is 0. The van der Waals surface area contributed by atoms with Gasteiger partial charge in [-0.25, -0.2) is 4.79 Å². The highest BCUT2D eigenvalue weighted by Gasteiger charge is 2.43. The molecular formula is C9H13N3O6. The third kappa shape index (κ3) is 1.82. The van der Waals surface area contributed by atoms with Crippen LogP contribution in [-0.2, 0) is 4.74 Å². The molecule has 0 spiro atoms. The number of aliphatic hydroxyl groups excluding tert-OH is 3. The molecule has 4 atom stereocenters. The number of ether oxygens (including phenoxy) is 1. The highest BCUT2D eigenvalue weighted by atomic mass is 16.6. The minimum atomic E-state index is -1.42. The molecular weight excluding hydrogens is 247 g/mol. The van der Waals surface area contributed by atoms with Crippen LogP contribution < -0.4 is 11.2 Å². The van der Waals surface area contributed by atoms with E-state index < -0.39 is 42.3 Å². The van der Waals surface area contributed by atoms with E-state index in [0.29, 0.717) is 0 Å². The molecule has 2 heterocycles.